The highest BCUT2D eigenvalue weighted by Crippen LogP contribution is 2.03. The van der Waals surface area contributed by atoms with Gasteiger partial charge in [0.05, 0.1) is 6.54 Å². The van der Waals surface area contributed by atoms with Crippen molar-refractivity contribution < 1.29 is 14.7 Å². The summed E-state index contributed by atoms with van der Waals surface area (Å²) < 4.78 is 0. The summed E-state index contributed by atoms with van der Waals surface area (Å²) in [6, 6.07) is -0.269. The standard InChI is InChI=1S/C5H9NO2.C2H3NO/c7-5(8)4-2-1-3-6-4;4-2-1-3-2/h4,6H,1-3H2,(H,7,8);1H2,(H,3,4)/t4-;/m0./s1. The smallest absolute Gasteiger partial charge is 0.320 e. The monoisotopic (exact) mass is 172 g/mol. The van der Waals surface area contributed by atoms with Crippen molar-refractivity contribution in [2.45, 2.75) is 18.9 Å². The van der Waals surface area contributed by atoms with Crippen LogP contribution in [-0.2, 0) is 9.59 Å². The van der Waals surface area contributed by atoms with Crippen LogP contribution >= 0.6 is 0 Å². The number of nitrogens with one attached hydrogen (secondary N) is 2. The molecule has 2 saturated heterocycles. The molecule has 2 fully saturated rings. The summed E-state index contributed by atoms with van der Waals surface area (Å²) in [5, 5.41) is 13.7. The number of hydrogen-bond donors (Lipinski definition) is 3. The van der Waals surface area contributed by atoms with Crippen molar-refractivity contribution in [2.24, 2.45) is 0 Å². The molecule has 12 heavy (non-hydrogen) atoms. The van der Waals surface area contributed by atoms with Crippen LogP contribution in [-0.4, -0.2) is 36.1 Å². The fourth-order valence-electron chi connectivity index (χ4n) is 0.931. The van der Waals surface area contributed by atoms with Crippen molar-refractivity contribution in [3.63, 3.8) is 0 Å². The molecule has 0 aromatic rings. The molecule has 3 N–H and O–H groups in total. The van der Waals surface area contributed by atoms with Gasteiger partial charge in [-0.05, 0) is 19.4 Å². The second-order valence-corrected chi connectivity index (χ2v) is 2.76. The minimum atomic E-state index is -0.720. The first-order valence-corrected chi connectivity index (χ1v) is 3.93. The van der Waals surface area contributed by atoms with E-state index in [1.54, 1.807) is 0 Å². The molecule has 5 heteroatoms. The molecule has 0 aliphatic carbocycles. The number of aliphatic carboxylic acids is 1. The zero-order valence-corrected chi connectivity index (χ0v) is 6.67. The topological polar surface area (TPSA) is 88.3 Å². The third kappa shape index (κ3) is 3.34. The Morgan fingerprint density at radius 2 is 2.17 bits per heavy atom. The average molecular weight is 172 g/mol. The lowest BCUT2D eigenvalue weighted by atomic mass is 10.2. The predicted octanol–water partition coefficient (Wildman–Crippen LogP) is -1.06. The average Bonchev–Trinajstić information content (AvgIpc) is 2.66. The molecular formula is C7H12N2O3. The van der Waals surface area contributed by atoms with Gasteiger partial charge >= 0.3 is 5.97 Å². The van der Waals surface area contributed by atoms with Gasteiger partial charge in [-0.1, -0.05) is 0 Å². The second kappa shape index (κ2) is 4.06. The number of carbonyl (C=O) groups excluding carboxylic acids is 1. The lowest BCUT2D eigenvalue weighted by molar-refractivity contribution is -0.139. The van der Waals surface area contributed by atoms with E-state index in [2.05, 4.69) is 10.6 Å². The number of carboxylic acid groups (broad SMARTS) is 1. The van der Waals surface area contributed by atoms with Crippen molar-refractivity contribution in [2.75, 3.05) is 13.1 Å². The minimum absolute atomic E-state index is 0.167. The highest BCUT2D eigenvalue weighted by Gasteiger charge is 2.20. The van der Waals surface area contributed by atoms with E-state index in [-0.39, 0.29) is 11.9 Å². The van der Waals surface area contributed by atoms with Gasteiger partial charge in [-0.15, -0.1) is 0 Å². The van der Waals surface area contributed by atoms with Crippen molar-refractivity contribution in [1.82, 2.24) is 10.6 Å². The maximum Gasteiger partial charge on any atom is 0.320 e. The molecule has 0 radical (unpaired) electrons. The molecule has 2 rings (SSSR count). The fourth-order valence-corrected chi connectivity index (χ4v) is 0.931. The molecule has 68 valence electrons. The molecule has 5 nitrogen and oxygen atoms in total. The molecule has 0 bridgehead atoms. The number of rotatable bonds is 1. The van der Waals surface area contributed by atoms with Crippen LogP contribution in [0.3, 0.4) is 0 Å². The molecule has 0 aromatic heterocycles. The van der Waals surface area contributed by atoms with Gasteiger partial charge in [0.25, 0.3) is 0 Å². The Labute approximate surface area is 70.1 Å². The largest absolute Gasteiger partial charge is 0.480 e. The van der Waals surface area contributed by atoms with Gasteiger partial charge in [0, 0.05) is 0 Å². The summed E-state index contributed by atoms with van der Waals surface area (Å²) in [7, 11) is 0. The Kier molecular flexibility index (Phi) is 3.04. The predicted molar refractivity (Wildman–Crippen MR) is 41.7 cm³/mol. The second-order valence-electron chi connectivity index (χ2n) is 2.76. The SMILES string of the molecule is O=C(O)[C@@H]1CCCN1.O=C1CN1. The van der Waals surface area contributed by atoms with E-state index < -0.39 is 5.97 Å². The van der Waals surface area contributed by atoms with Crippen molar-refractivity contribution >= 4 is 11.9 Å². The first-order valence-electron chi connectivity index (χ1n) is 3.93. The van der Waals surface area contributed by atoms with Crippen LogP contribution in [0.25, 0.3) is 0 Å². The molecule has 2 aliphatic heterocycles. The quantitative estimate of drug-likeness (QED) is 0.440. The number of hydrogen-bond acceptors (Lipinski definition) is 3. The van der Waals surface area contributed by atoms with Crippen molar-refractivity contribution in [3.05, 3.63) is 0 Å². The number of carbonyl (C=O) groups is 2. The minimum Gasteiger partial charge on any atom is -0.480 e. The van der Waals surface area contributed by atoms with Gasteiger partial charge in [0.2, 0.25) is 5.91 Å². The molecular weight excluding hydrogens is 160 g/mol. The van der Waals surface area contributed by atoms with Crippen LogP contribution in [0.5, 0.6) is 0 Å². The van der Waals surface area contributed by atoms with E-state index in [0.717, 1.165) is 19.4 Å². The maximum absolute atomic E-state index is 10.1. The Hall–Kier alpha value is -1.10. The van der Waals surface area contributed by atoms with Gasteiger partial charge in [0.1, 0.15) is 6.04 Å². The van der Waals surface area contributed by atoms with E-state index >= 15 is 0 Å². The molecule has 2 heterocycles. The van der Waals surface area contributed by atoms with Crippen LogP contribution in [0.2, 0.25) is 0 Å². The van der Waals surface area contributed by atoms with E-state index in [4.69, 9.17) is 5.11 Å². The van der Waals surface area contributed by atoms with Crippen LogP contribution in [0.1, 0.15) is 12.8 Å². The highest BCUT2D eigenvalue weighted by atomic mass is 16.4. The molecule has 1 amide bonds. The van der Waals surface area contributed by atoms with Crippen molar-refractivity contribution in [1.29, 1.82) is 0 Å². The normalized spacial score (nSPS) is 25.3. The van der Waals surface area contributed by atoms with E-state index in [1.165, 1.54) is 0 Å². The number of carboxylic acids is 1. The summed E-state index contributed by atoms with van der Waals surface area (Å²) in [6.45, 7) is 1.46. The van der Waals surface area contributed by atoms with E-state index in [0.29, 0.717) is 6.54 Å². The summed E-state index contributed by atoms with van der Waals surface area (Å²) in [6.07, 6.45) is 1.78. The van der Waals surface area contributed by atoms with Crippen LogP contribution in [0, 0.1) is 0 Å². The zero-order chi connectivity index (χ0) is 8.97. The van der Waals surface area contributed by atoms with Crippen LogP contribution in [0.4, 0.5) is 0 Å². The Morgan fingerprint density at radius 1 is 1.58 bits per heavy atom. The lowest BCUT2D eigenvalue weighted by Gasteiger charge is -1.99. The Morgan fingerprint density at radius 3 is 2.33 bits per heavy atom. The van der Waals surface area contributed by atoms with E-state index in [9.17, 15) is 9.59 Å². The highest BCUT2D eigenvalue weighted by molar-refractivity contribution is 5.91. The summed E-state index contributed by atoms with van der Waals surface area (Å²) >= 11 is 0. The van der Waals surface area contributed by atoms with Crippen LogP contribution < -0.4 is 10.6 Å². The van der Waals surface area contributed by atoms with Crippen LogP contribution in [0.15, 0.2) is 0 Å². The molecule has 1 atom stereocenters. The van der Waals surface area contributed by atoms with Gasteiger partial charge in [0.15, 0.2) is 0 Å². The Bertz CT molecular complexity index is 181. The number of amides is 1. The summed E-state index contributed by atoms with van der Waals surface area (Å²) in [4.78, 5) is 19.6. The summed E-state index contributed by atoms with van der Waals surface area (Å²) in [5.74, 6) is -0.553. The first-order chi connectivity index (χ1) is 5.70. The molecule has 0 spiro atoms. The molecule has 2 aliphatic rings. The fraction of sp³-hybridized carbons (Fsp3) is 0.714. The molecule has 0 saturated carbocycles. The van der Waals surface area contributed by atoms with Gasteiger partial charge < -0.3 is 15.7 Å². The van der Waals surface area contributed by atoms with Gasteiger partial charge in [-0.25, -0.2) is 0 Å². The van der Waals surface area contributed by atoms with Gasteiger partial charge in [-0.3, -0.25) is 9.59 Å². The Balaban J connectivity index is 0.000000150. The van der Waals surface area contributed by atoms with E-state index in [1.807, 2.05) is 0 Å². The third-order valence-corrected chi connectivity index (χ3v) is 1.68. The molecule has 0 aromatic carbocycles. The third-order valence-electron chi connectivity index (χ3n) is 1.68. The zero-order valence-electron chi connectivity index (χ0n) is 6.67. The summed E-state index contributed by atoms with van der Waals surface area (Å²) in [5.41, 5.74) is 0. The maximum atomic E-state index is 10.1. The van der Waals surface area contributed by atoms with Gasteiger partial charge in [-0.2, -0.15) is 0 Å². The van der Waals surface area contributed by atoms with Crippen molar-refractivity contribution in [3.8, 4) is 0 Å². The first kappa shape index (κ1) is 8.99. The molecule has 0 unspecified atom stereocenters. The lowest BCUT2D eigenvalue weighted by Crippen LogP contribution is -2.29.